The van der Waals surface area contributed by atoms with E-state index in [0.29, 0.717) is 0 Å². The first kappa shape index (κ1) is 11.1. The van der Waals surface area contributed by atoms with Gasteiger partial charge < -0.3 is 5.11 Å². The fourth-order valence-corrected chi connectivity index (χ4v) is 2.48. The van der Waals surface area contributed by atoms with Crippen LogP contribution >= 0.6 is 0 Å². The lowest BCUT2D eigenvalue weighted by atomic mass is 9.94. The van der Waals surface area contributed by atoms with Gasteiger partial charge in [-0.1, -0.05) is 6.07 Å². The highest BCUT2D eigenvalue weighted by Gasteiger charge is 2.34. The van der Waals surface area contributed by atoms with E-state index in [1.807, 2.05) is 25.2 Å². The zero-order valence-corrected chi connectivity index (χ0v) is 9.34. The second kappa shape index (κ2) is 4.61. The number of aromatic nitrogens is 1. The average Bonchev–Trinajstić information content (AvgIpc) is 2.60. The van der Waals surface area contributed by atoms with E-state index >= 15 is 0 Å². The van der Waals surface area contributed by atoms with E-state index < -0.39 is 5.97 Å². The van der Waals surface area contributed by atoms with Gasteiger partial charge in [0.1, 0.15) is 0 Å². The molecule has 0 radical (unpaired) electrons. The van der Waals surface area contributed by atoms with Crippen LogP contribution in [0.4, 0.5) is 0 Å². The van der Waals surface area contributed by atoms with Crippen LogP contribution in [0.3, 0.4) is 0 Å². The van der Waals surface area contributed by atoms with Crippen molar-refractivity contribution in [3.05, 3.63) is 30.1 Å². The molecule has 2 heterocycles. The number of carboxylic acids is 1. The molecular formula is C12H16N2O2. The maximum Gasteiger partial charge on any atom is 0.303 e. The maximum absolute atomic E-state index is 10.8. The minimum atomic E-state index is -0.721. The van der Waals surface area contributed by atoms with Gasteiger partial charge in [-0.05, 0) is 38.1 Å². The Hall–Kier alpha value is -1.42. The number of hydrogen-bond donors (Lipinski definition) is 1. The van der Waals surface area contributed by atoms with Gasteiger partial charge >= 0.3 is 5.97 Å². The lowest BCUT2D eigenvalue weighted by Crippen LogP contribution is -2.23. The Labute approximate surface area is 94.9 Å². The third-order valence-corrected chi connectivity index (χ3v) is 3.20. The summed E-state index contributed by atoms with van der Waals surface area (Å²) in [5.74, 6) is -0.543. The molecule has 4 nitrogen and oxygen atoms in total. The standard InChI is InChI=1S/C12H16N2O2/c1-14-7-5-9(8-11(15)16)12(14)10-4-2-3-6-13-10/h2-4,6,9,12H,5,7-8H2,1H3,(H,15,16)/t9-,12+/m1/s1. The summed E-state index contributed by atoms with van der Waals surface area (Å²) in [4.78, 5) is 17.3. The van der Waals surface area contributed by atoms with Crippen molar-refractivity contribution >= 4 is 5.97 Å². The molecule has 2 rings (SSSR count). The van der Waals surface area contributed by atoms with E-state index in [2.05, 4.69) is 9.88 Å². The molecule has 2 atom stereocenters. The van der Waals surface area contributed by atoms with Crippen molar-refractivity contribution in [1.82, 2.24) is 9.88 Å². The number of aliphatic carboxylic acids is 1. The number of carbonyl (C=O) groups is 1. The molecule has 0 saturated carbocycles. The van der Waals surface area contributed by atoms with Crippen LogP contribution < -0.4 is 0 Å². The molecule has 1 saturated heterocycles. The normalized spacial score (nSPS) is 25.8. The van der Waals surface area contributed by atoms with Crippen molar-refractivity contribution in [2.75, 3.05) is 13.6 Å². The number of pyridine rings is 1. The molecule has 0 spiro atoms. The molecule has 0 amide bonds. The Morgan fingerprint density at radius 1 is 1.62 bits per heavy atom. The maximum atomic E-state index is 10.8. The fourth-order valence-electron chi connectivity index (χ4n) is 2.48. The van der Waals surface area contributed by atoms with Crippen molar-refractivity contribution in [3.8, 4) is 0 Å². The van der Waals surface area contributed by atoms with Gasteiger partial charge in [0, 0.05) is 6.20 Å². The molecule has 0 aromatic carbocycles. The zero-order chi connectivity index (χ0) is 11.5. The Bertz CT molecular complexity index is 367. The molecule has 1 fully saturated rings. The van der Waals surface area contributed by atoms with E-state index in [4.69, 9.17) is 5.11 Å². The molecule has 1 aromatic heterocycles. The monoisotopic (exact) mass is 220 g/mol. The minimum Gasteiger partial charge on any atom is -0.481 e. The van der Waals surface area contributed by atoms with Crippen LogP contribution in [0.15, 0.2) is 24.4 Å². The Balaban J connectivity index is 2.19. The highest BCUT2D eigenvalue weighted by molar-refractivity contribution is 5.67. The van der Waals surface area contributed by atoms with Gasteiger partial charge in [-0.3, -0.25) is 14.7 Å². The van der Waals surface area contributed by atoms with Crippen molar-refractivity contribution in [2.24, 2.45) is 5.92 Å². The van der Waals surface area contributed by atoms with Crippen LogP contribution in [0.1, 0.15) is 24.6 Å². The first-order valence-corrected chi connectivity index (χ1v) is 5.51. The van der Waals surface area contributed by atoms with Crippen molar-refractivity contribution in [1.29, 1.82) is 0 Å². The van der Waals surface area contributed by atoms with Gasteiger partial charge in [0.05, 0.1) is 18.2 Å². The summed E-state index contributed by atoms with van der Waals surface area (Å²) in [7, 11) is 2.03. The summed E-state index contributed by atoms with van der Waals surface area (Å²) in [6.07, 6.45) is 2.93. The Kier molecular flexibility index (Phi) is 3.19. The van der Waals surface area contributed by atoms with E-state index in [-0.39, 0.29) is 18.4 Å². The molecule has 16 heavy (non-hydrogen) atoms. The fraction of sp³-hybridized carbons (Fsp3) is 0.500. The number of rotatable bonds is 3. The SMILES string of the molecule is CN1CC[C@H](CC(=O)O)[C@H]1c1ccccn1. The van der Waals surface area contributed by atoms with Crippen molar-refractivity contribution in [3.63, 3.8) is 0 Å². The van der Waals surface area contributed by atoms with E-state index in [1.54, 1.807) is 6.20 Å². The quantitative estimate of drug-likeness (QED) is 0.839. The third kappa shape index (κ3) is 2.22. The van der Waals surface area contributed by atoms with Crippen LogP contribution in [0.5, 0.6) is 0 Å². The molecule has 0 unspecified atom stereocenters. The van der Waals surface area contributed by atoms with Crippen LogP contribution in [-0.4, -0.2) is 34.6 Å². The predicted molar refractivity (Wildman–Crippen MR) is 60.0 cm³/mol. The average molecular weight is 220 g/mol. The lowest BCUT2D eigenvalue weighted by molar-refractivity contribution is -0.138. The molecule has 1 N–H and O–H groups in total. The second-order valence-electron chi connectivity index (χ2n) is 4.33. The molecule has 0 aliphatic carbocycles. The molecule has 1 aromatic rings. The number of likely N-dealkylation sites (tertiary alicyclic amines) is 1. The van der Waals surface area contributed by atoms with Gasteiger partial charge in [-0.15, -0.1) is 0 Å². The summed E-state index contributed by atoms with van der Waals surface area (Å²) in [6, 6.07) is 5.95. The first-order valence-electron chi connectivity index (χ1n) is 5.51. The number of nitrogens with zero attached hydrogens (tertiary/aromatic N) is 2. The van der Waals surface area contributed by atoms with Crippen molar-refractivity contribution in [2.45, 2.75) is 18.9 Å². The summed E-state index contributed by atoms with van der Waals surface area (Å²) >= 11 is 0. The topological polar surface area (TPSA) is 53.4 Å². The van der Waals surface area contributed by atoms with Gasteiger partial charge in [-0.25, -0.2) is 0 Å². The molecular weight excluding hydrogens is 204 g/mol. The molecule has 1 aliphatic heterocycles. The summed E-state index contributed by atoms with van der Waals surface area (Å²) in [5, 5.41) is 8.89. The van der Waals surface area contributed by atoms with Crippen LogP contribution in [0.25, 0.3) is 0 Å². The van der Waals surface area contributed by atoms with E-state index in [9.17, 15) is 4.79 Å². The van der Waals surface area contributed by atoms with Crippen molar-refractivity contribution < 1.29 is 9.90 Å². The molecule has 4 heteroatoms. The highest BCUT2D eigenvalue weighted by atomic mass is 16.4. The van der Waals surface area contributed by atoms with Gasteiger partial charge in [0.2, 0.25) is 0 Å². The molecule has 0 bridgehead atoms. The molecule has 1 aliphatic rings. The summed E-state index contributed by atoms with van der Waals surface area (Å²) in [5.41, 5.74) is 0.980. The largest absolute Gasteiger partial charge is 0.481 e. The van der Waals surface area contributed by atoms with Gasteiger partial charge in [-0.2, -0.15) is 0 Å². The Morgan fingerprint density at radius 2 is 2.44 bits per heavy atom. The van der Waals surface area contributed by atoms with Crippen LogP contribution in [0, 0.1) is 5.92 Å². The smallest absolute Gasteiger partial charge is 0.303 e. The van der Waals surface area contributed by atoms with Crippen LogP contribution in [0.2, 0.25) is 0 Å². The summed E-state index contributed by atoms with van der Waals surface area (Å²) < 4.78 is 0. The third-order valence-electron chi connectivity index (χ3n) is 3.20. The van der Waals surface area contributed by atoms with Crippen LogP contribution in [-0.2, 0) is 4.79 Å². The molecule has 86 valence electrons. The zero-order valence-electron chi connectivity index (χ0n) is 9.34. The van der Waals surface area contributed by atoms with Gasteiger partial charge in [0.25, 0.3) is 0 Å². The first-order chi connectivity index (χ1) is 7.68. The highest BCUT2D eigenvalue weighted by Crippen LogP contribution is 2.36. The van der Waals surface area contributed by atoms with Gasteiger partial charge in [0.15, 0.2) is 0 Å². The number of hydrogen-bond acceptors (Lipinski definition) is 3. The van der Waals surface area contributed by atoms with E-state index in [1.165, 1.54) is 0 Å². The minimum absolute atomic E-state index is 0.150. The Morgan fingerprint density at radius 3 is 3.06 bits per heavy atom. The summed E-state index contributed by atoms with van der Waals surface area (Å²) in [6.45, 7) is 0.944. The lowest BCUT2D eigenvalue weighted by Gasteiger charge is -2.23. The predicted octanol–water partition coefficient (Wildman–Crippen LogP) is 1.55. The number of carboxylic acid groups (broad SMARTS) is 1. The van der Waals surface area contributed by atoms with E-state index in [0.717, 1.165) is 18.7 Å². The second-order valence-corrected chi connectivity index (χ2v) is 4.33.